The standard InChI is InChI=1S/C12H12O2/c13-11-7-3-1-4-8-10(12(8)14)6-2-5-9(7)11/h1-6H2. The molecule has 0 spiro atoms. The van der Waals surface area contributed by atoms with Crippen molar-refractivity contribution in [1.82, 2.24) is 0 Å². The van der Waals surface area contributed by atoms with Gasteiger partial charge < -0.3 is 0 Å². The molecule has 0 bridgehead atoms. The Labute approximate surface area is 81.9 Å². The van der Waals surface area contributed by atoms with Crippen molar-refractivity contribution in [2.24, 2.45) is 0 Å². The molecule has 0 fully saturated rings. The maximum absolute atomic E-state index is 11.3. The Hall–Kier alpha value is -1.18. The highest BCUT2D eigenvalue weighted by Gasteiger charge is 2.26. The highest BCUT2D eigenvalue weighted by atomic mass is 16.1. The highest BCUT2D eigenvalue weighted by Crippen LogP contribution is 2.22. The number of hydrogen-bond donors (Lipinski definition) is 0. The van der Waals surface area contributed by atoms with Crippen molar-refractivity contribution in [3.63, 3.8) is 0 Å². The van der Waals surface area contributed by atoms with Crippen LogP contribution in [0.5, 0.6) is 0 Å². The van der Waals surface area contributed by atoms with E-state index < -0.39 is 0 Å². The molecule has 0 unspecified atom stereocenters. The van der Waals surface area contributed by atoms with E-state index in [0.717, 1.165) is 60.8 Å². The van der Waals surface area contributed by atoms with E-state index in [1.807, 2.05) is 0 Å². The number of fused-ring (bicyclic) bond motifs is 2. The molecule has 1 aliphatic rings. The molecule has 0 N–H and O–H groups in total. The summed E-state index contributed by atoms with van der Waals surface area (Å²) in [5, 5.41) is 0. The summed E-state index contributed by atoms with van der Waals surface area (Å²) in [6, 6.07) is 0. The fourth-order valence-corrected chi connectivity index (χ4v) is 2.44. The summed E-state index contributed by atoms with van der Waals surface area (Å²) in [6.45, 7) is 0. The van der Waals surface area contributed by atoms with Crippen molar-refractivity contribution in [3.8, 4) is 0 Å². The van der Waals surface area contributed by atoms with Gasteiger partial charge in [-0.1, -0.05) is 0 Å². The normalized spacial score (nSPS) is 18.3. The molecule has 2 aromatic rings. The first-order valence-electron chi connectivity index (χ1n) is 5.32. The van der Waals surface area contributed by atoms with Gasteiger partial charge in [0, 0.05) is 22.3 Å². The Morgan fingerprint density at radius 3 is 1.14 bits per heavy atom. The van der Waals surface area contributed by atoms with Crippen LogP contribution >= 0.6 is 0 Å². The molecule has 1 aliphatic carbocycles. The second-order valence-corrected chi connectivity index (χ2v) is 4.28. The van der Waals surface area contributed by atoms with Crippen molar-refractivity contribution in [3.05, 3.63) is 42.7 Å². The zero-order chi connectivity index (χ0) is 9.71. The summed E-state index contributed by atoms with van der Waals surface area (Å²) in [5.74, 6) is 0. The molecule has 2 heteroatoms. The predicted octanol–water partition coefficient (Wildman–Crippen LogP) is 0.822. The maximum atomic E-state index is 11.3. The van der Waals surface area contributed by atoms with Crippen LogP contribution in [0.1, 0.15) is 35.1 Å². The van der Waals surface area contributed by atoms with Gasteiger partial charge in [-0.25, -0.2) is 0 Å². The van der Waals surface area contributed by atoms with Gasteiger partial charge in [0.05, 0.1) is 0 Å². The fourth-order valence-electron chi connectivity index (χ4n) is 2.44. The third-order valence-electron chi connectivity index (χ3n) is 3.41. The van der Waals surface area contributed by atoms with E-state index in [-0.39, 0.29) is 0 Å². The lowest BCUT2D eigenvalue weighted by atomic mass is 10.1. The molecule has 0 saturated carbocycles. The lowest BCUT2D eigenvalue weighted by molar-refractivity contribution is 0.793. The monoisotopic (exact) mass is 188 g/mol. The quantitative estimate of drug-likeness (QED) is 0.613. The summed E-state index contributed by atoms with van der Waals surface area (Å²) in [6.07, 6.45) is 5.57. The van der Waals surface area contributed by atoms with E-state index in [4.69, 9.17) is 0 Å². The van der Waals surface area contributed by atoms with Crippen LogP contribution in [0.4, 0.5) is 0 Å². The van der Waals surface area contributed by atoms with Crippen LogP contribution in [-0.2, 0) is 25.7 Å². The Balaban J connectivity index is 1.77. The predicted molar refractivity (Wildman–Crippen MR) is 54.2 cm³/mol. The van der Waals surface area contributed by atoms with Gasteiger partial charge in [0.2, 0.25) is 0 Å². The minimum absolute atomic E-state index is 0.321. The summed E-state index contributed by atoms with van der Waals surface area (Å²) in [7, 11) is 0. The number of rotatable bonds is 0. The molecule has 2 nitrogen and oxygen atoms in total. The molecule has 0 aliphatic heterocycles. The molecule has 14 heavy (non-hydrogen) atoms. The molecule has 0 aromatic heterocycles. The van der Waals surface area contributed by atoms with E-state index in [9.17, 15) is 9.59 Å². The van der Waals surface area contributed by atoms with Gasteiger partial charge in [-0.2, -0.15) is 0 Å². The second kappa shape index (κ2) is 2.66. The van der Waals surface area contributed by atoms with Gasteiger partial charge in [-0.3, -0.25) is 9.59 Å². The summed E-state index contributed by atoms with van der Waals surface area (Å²) in [5.41, 5.74) is 4.93. The van der Waals surface area contributed by atoms with Crippen LogP contribution in [0.2, 0.25) is 0 Å². The Bertz CT molecular complexity index is 416. The summed E-state index contributed by atoms with van der Waals surface area (Å²) >= 11 is 0. The molecule has 0 atom stereocenters. The molecule has 0 heterocycles. The lowest BCUT2D eigenvalue weighted by Crippen LogP contribution is -1.88. The summed E-state index contributed by atoms with van der Waals surface area (Å²) < 4.78 is 0. The third-order valence-corrected chi connectivity index (χ3v) is 3.41. The first-order valence-corrected chi connectivity index (χ1v) is 5.32. The van der Waals surface area contributed by atoms with Crippen LogP contribution < -0.4 is 10.9 Å². The van der Waals surface area contributed by atoms with Crippen LogP contribution in [-0.4, -0.2) is 0 Å². The van der Waals surface area contributed by atoms with Crippen LogP contribution in [0.25, 0.3) is 0 Å². The van der Waals surface area contributed by atoms with E-state index >= 15 is 0 Å². The van der Waals surface area contributed by atoms with Crippen LogP contribution in [0.3, 0.4) is 0 Å². The van der Waals surface area contributed by atoms with Crippen LogP contribution in [0, 0.1) is 0 Å². The van der Waals surface area contributed by atoms with Gasteiger partial charge in [0.1, 0.15) is 0 Å². The first-order chi connectivity index (χ1) is 6.79. The maximum Gasteiger partial charge on any atom is 0.185 e. The minimum atomic E-state index is 0.321. The molecule has 0 radical (unpaired) electrons. The average Bonchev–Trinajstić information content (AvgIpc) is 3.00. The smallest absolute Gasteiger partial charge is 0.185 e. The van der Waals surface area contributed by atoms with Crippen LogP contribution in [0.15, 0.2) is 9.59 Å². The van der Waals surface area contributed by atoms with Gasteiger partial charge in [-0.05, 0) is 38.5 Å². The van der Waals surface area contributed by atoms with E-state index in [1.54, 1.807) is 0 Å². The van der Waals surface area contributed by atoms with Crippen molar-refractivity contribution >= 4 is 0 Å². The third kappa shape index (κ3) is 1.10. The zero-order valence-electron chi connectivity index (χ0n) is 8.06. The molecular weight excluding hydrogens is 176 g/mol. The van der Waals surface area contributed by atoms with Gasteiger partial charge >= 0.3 is 0 Å². The molecule has 2 aromatic carbocycles. The molecule has 3 rings (SSSR count). The van der Waals surface area contributed by atoms with Crippen molar-refractivity contribution in [1.29, 1.82) is 0 Å². The fraction of sp³-hybridized carbons (Fsp3) is 0.500. The van der Waals surface area contributed by atoms with Crippen molar-refractivity contribution < 1.29 is 0 Å². The van der Waals surface area contributed by atoms with E-state index in [0.29, 0.717) is 10.9 Å². The van der Waals surface area contributed by atoms with Gasteiger partial charge in [0.25, 0.3) is 0 Å². The highest BCUT2D eigenvalue weighted by molar-refractivity contribution is 5.43. The second-order valence-electron chi connectivity index (χ2n) is 4.28. The summed E-state index contributed by atoms with van der Waals surface area (Å²) in [4.78, 5) is 22.5. The Kier molecular flexibility index (Phi) is 1.55. The van der Waals surface area contributed by atoms with E-state index in [2.05, 4.69) is 0 Å². The van der Waals surface area contributed by atoms with Gasteiger partial charge in [-0.15, -0.1) is 0 Å². The largest absolute Gasteiger partial charge is 0.289 e. The lowest BCUT2D eigenvalue weighted by Gasteiger charge is -1.95. The molecule has 0 amide bonds. The van der Waals surface area contributed by atoms with Crippen molar-refractivity contribution in [2.45, 2.75) is 38.5 Å². The molecule has 0 saturated heterocycles. The van der Waals surface area contributed by atoms with Gasteiger partial charge in [0.15, 0.2) is 10.9 Å². The topological polar surface area (TPSA) is 34.1 Å². The zero-order valence-corrected chi connectivity index (χ0v) is 8.06. The average molecular weight is 188 g/mol. The SMILES string of the molecule is O=c1c2c1CCCc1c(c1=O)CCC2. The Morgan fingerprint density at radius 1 is 0.571 bits per heavy atom. The van der Waals surface area contributed by atoms with Crippen molar-refractivity contribution in [2.75, 3.05) is 0 Å². The molecular formula is C12H12O2. The molecule has 72 valence electrons. The Morgan fingerprint density at radius 2 is 0.857 bits per heavy atom. The van der Waals surface area contributed by atoms with E-state index in [1.165, 1.54) is 0 Å². The number of hydrogen-bond acceptors (Lipinski definition) is 2. The first kappa shape index (κ1) is 8.16. The minimum Gasteiger partial charge on any atom is -0.289 e.